The van der Waals surface area contributed by atoms with E-state index in [9.17, 15) is 0 Å². The second-order valence-electron chi connectivity index (χ2n) is 5.08. The van der Waals surface area contributed by atoms with Crippen LogP contribution in [0.3, 0.4) is 0 Å². The van der Waals surface area contributed by atoms with Crippen molar-refractivity contribution in [1.29, 1.82) is 0 Å². The number of likely N-dealkylation sites (N-methyl/N-ethyl adjacent to an activating group) is 1. The molecule has 106 valence electrons. The molecule has 0 heterocycles. The largest absolute Gasteiger partial charge is 0.313 e. The summed E-state index contributed by atoms with van der Waals surface area (Å²) in [5.41, 5.74) is 5.17. The molecule has 1 nitrogen and oxygen atoms in total. The average molecular weight is 308 g/mol. The van der Waals surface area contributed by atoms with Crippen molar-refractivity contribution in [2.24, 2.45) is 0 Å². The summed E-state index contributed by atoms with van der Waals surface area (Å²) < 4.78 is 0. The highest BCUT2D eigenvalue weighted by atomic mass is 35.5. The lowest BCUT2D eigenvalue weighted by Gasteiger charge is -2.20. The monoisotopic (exact) mass is 307 g/mol. The van der Waals surface area contributed by atoms with E-state index in [1.807, 2.05) is 25.2 Å². The molecule has 0 radical (unpaired) electrons. The lowest BCUT2D eigenvalue weighted by atomic mass is 9.93. The Morgan fingerprint density at radius 3 is 2.45 bits per heavy atom. The Labute approximate surface area is 130 Å². The van der Waals surface area contributed by atoms with Crippen LogP contribution in [-0.2, 0) is 6.42 Å². The van der Waals surface area contributed by atoms with Crippen LogP contribution in [0.2, 0.25) is 10.0 Å². The van der Waals surface area contributed by atoms with Gasteiger partial charge in [0.05, 0.1) is 10.0 Å². The molecule has 0 bridgehead atoms. The van der Waals surface area contributed by atoms with Crippen LogP contribution in [-0.4, -0.2) is 7.05 Å². The van der Waals surface area contributed by atoms with Crippen LogP contribution < -0.4 is 5.32 Å². The molecule has 0 amide bonds. The molecule has 1 unspecified atom stereocenters. The maximum Gasteiger partial charge on any atom is 0.0595 e. The van der Waals surface area contributed by atoms with Crippen molar-refractivity contribution in [2.45, 2.75) is 26.3 Å². The molecule has 2 aromatic carbocycles. The Morgan fingerprint density at radius 2 is 1.80 bits per heavy atom. The van der Waals surface area contributed by atoms with Gasteiger partial charge in [-0.1, -0.05) is 47.5 Å². The van der Waals surface area contributed by atoms with E-state index in [2.05, 4.69) is 37.4 Å². The minimum Gasteiger partial charge on any atom is -0.313 e. The molecule has 1 N–H and O–H groups in total. The molecule has 0 aromatic heterocycles. The molecule has 0 aliphatic carbocycles. The van der Waals surface area contributed by atoms with Crippen molar-refractivity contribution in [3.05, 3.63) is 68.7 Å². The third-order valence-corrected chi connectivity index (χ3v) is 4.53. The van der Waals surface area contributed by atoms with E-state index in [4.69, 9.17) is 23.2 Å². The Bertz CT molecular complexity index is 608. The van der Waals surface area contributed by atoms with Gasteiger partial charge in [-0.05, 0) is 61.7 Å². The van der Waals surface area contributed by atoms with Crippen molar-refractivity contribution in [3.63, 3.8) is 0 Å². The summed E-state index contributed by atoms with van der Waals surface area (Å²) in [6.07, 6.45) is 0.887. The quantitative estimate of drug-likeness (QED) is 0.827. The lowest BCUT2D eigenvalue weighted by Crippen LogP contribution is -2.20. The smallest absolute Gasteiger partial charge is 0.0595 e. The number of halogens is 2. The fourth-order valence-electron chi connectivity index (χ4n) is 2.42. The zero-order valence-electron chi connectivity index (χ0n) is 12.0. The Morgan fingerprint density at radius 1 is 1.05 bits per heavy atom. The maximum absolute atomic E-state index is 6.09. The van der Waals surface area contributed by atoms with Crippen LogP contribution in [0.1, 0.15) is 28.3 Å². The molecule has 0 fully saturated rings. The van der Waals surface area contributed by atoms with Gasteiger partial charge >= 0.3 is 0 Å². The fraction of sp³-hybridized carbons (Fsp3) is 0.294. The van der Waals surface area contributed by atoms with Gasteiger partial charge < -0.3 is 5.32 Å². The standard InChI is InChI=1S/C17H19Cl2N/c1-11-5-4-6-14(12(11)2)17(20-3)10-13-7-8-15(18)16(19)9-13/h4-9,17,20H,10H2,1-3H3. The predicted molar refractivity (Wildman–Crippen MR) is 87.9 cm³/mol. The second-order valence-corrected chi connectivity index (χ2v) is 5.90. The van der Waals surface area contributed by atoms with E-state index in [-0.39, 0.29) is 6.04 Å². The van der Waals surface area contributed by atoms with Gasteiger partial charge in [-0.15, -0.1) is 0 Å². The summed E-state index contributed by atoms with van der Waals surface area (Å²) >= 11 is 12.1. The third kappa shape index (κ3) is 3.35. The molecule has 20 heavy (non-hydrogen) atoms. The van der Waals surface area contributed by atoms with Crippen LogP contribution in [0.4, 0.5) is 0 Å². The molecule has 0 spiro atoms. The summed E-state index contributed by atoms with van der Waals surface area (Å²) in [7, 11) is 1.99. The summed E-state index contributed by atoms with van der Waals surface area (Å²) in [4.78, 5) is 0. The van der Waals surface area contributed by atoms with Gasteiger partial charge in [0.2, 0.25) is 0 Å². The lowest BCUT2D eigenvalue weighted by molar-refractivity contribution is 0.588. The summed E-state index contributed by atoms with van der Waals surface area (Å²) in [5.74, 6) is 0. The summed E-state index contributed by atoms with van der Waals surface area (Å²) in [6, 6.07) is 12.5. The highest BCUT2D eigenvalue weighted by molar-refractivity contribution is 6.42. The van der Waals surface area contributed by atoms with E-state index in [0.29, 0.717) is 10.0 Å². The normalized spacial score (nSPS) is 12.4. The third-order valence-electron chi connectivity index (χ3n) is 3.79. The van der Waals surface area contributed by atoms with Gasteiger partial charge in [-0.25, -0.2) is 0 Å². The second kappa shape index (κ2) is 6.62. The molecule has 1 atom stereocenters. The minimum absolute atomic E-state index is 0.271. The maximum atomic E-state index is 6.09. The van der Waals surface area contributed by atoms with Crippen molar-refractivity contribution in [2.75, 3.05) is 7.05 Å². The molecule has 0 saturated heterocycles. The highest BCUT2D eigenvalue weighted by Crippen LogP contribution is 2.27. The summed E-state index contributed by atoms with van der Waals surface area (Å²) in [5, 5.41) is 4.60. The topological polar surface area (TPSA) is 12.0 Å². The SMILES string of the molecule is CNC(Cc1ccc(Cl)c(Cl)c1)c1cccc(C)c1C. The van der Waals surface area contributed by atoms with Crippen molar-refractivity contribution in [1.82, 2.24) is 5.32 Å². The zero-order valence-corrected chi connectivity index (χ0v) is 13.5. The van der Waals surface area contributed by atoms with E-state index < -0.39 is 0 Å². The molecular formula is C17H19Cl2N. The van der Waals surface area contributed by atoms with E-state index in [0.717, 1.165) is 6.42 Å². The van der Waals surface area contributed by atoms with Gasteiger partial charge in [0.15, 0.2) is 0 Å². The molecule has 0 saturated carbocycles. The van der Waals surface area contributed by atoms with Crippen molar-refractivity contribution < 1.29 is 0 Å². The van der Waals surface area contributed by atoms with Gasteiger partial charge in [-0.2, -0.15) is 0 Å². The molecule has 2 rings (SSSR count). The van der Waals surface area contributed by atoms with Crippen LogP contribution >= 0.6 is 23.2 Å². The number of aryl methyl sites for hydroxylation is 1. The average Bonchev–Trinajstić information content (AvgIpc) is 2.43. The molecule has 0 aliphatic rings. The van der Waals surface area contributed by atoms with Crippen molar-refractivity contribution >= 4 is 23.2 Å². The Kier molecular flexibility index (Phi) is 5.09. The zero-order chi connectivity index (χ0) is 14.7. The first-order chi connectivity index (χ1) is 9.52. The molecular weight excluding hydrogens is 289 g/mol. The van der Waals surface area contributed by atoms with Crippen LogP contribution in [0.25, 0.3) is 0 Å². The molecule has 0 aliphatic heterocycles. The van der Waals surface area contributed by atoms with Crippen molar-refractivity contribution in [3.8, 4) is 0 Å². The number of hydrogen-bond donors (Lipinski definition) is 1. The van der Waals surface area contributed by atoms with Crippen LogP contribution in [0.5, 0.6) is 0 Å². The number of rotatable bonds is 4. The first kappa shape index (κ1) is 15.4. The van der Waals surface area contributed by atoms with E-state index >= 15 is 0 Å². The van der Waals surface area contributed by atoms with Gasteiger partial charge in [0.1, 0.15) is 0 Å². The van der Waals surface area contributed by atoms with Crippen LogP contribution in [0.15, 0.2) is 36.4 Å². The fourth-order valence-corrected chi connectivity index (χ4v) is 2.74. The molecule has 2 aromatic rings. The van der Waals surface area contributed by atoms with Gasteiger partial charge in [0, 0.05) is 6.04 Å². The predicted octanol–water partition coefficient (Wildman–Crippen LogP) is 5.11. The first-order valence-corrected chi connectivity index (χ1v) is 7.46. The van der Waals surface area contributed by atoms with E-state index in [1.165, 1.54) is 22.3 Å². The number of nitrogens with one attached hydrogen (secondary N) is 1. The molecule has 3 heteroatoms. The minimum atomic E-state index is 0.271. The van der Waals surface area contributed by atoms with Gasteiger partial charge in [-0.3, -0.25) is 0 Å². The first-order valence-electron chi connectivity index (χ1n) is 6.70. The Balaban J connectivity index is 2.28. The number of benzene rings is 2. The van der Waals surface area contributed by atoms with Gasteiger partial charge in [0.25, 0.3) is 0 Å². The van der Waals surface area contributed by atoms with Crippen LogP contribution in [0, 0.1) is 13.8 Å². The highest BCUT2D eigenvalue weighted by Gasteiger charge is 2.14. The summed E-state index contributed by atoms with van der Waals surface area (Å²) in [6.45, 7) is 4.31. The number of hydrogen-bond acceptors (Lipinski definition) is 1. The Hall–Kier alpha value is -1.02. The van der Waals surface area contributed by atoms with E-state index in [1.54, 1.807) is 0 Å².